The van der Waals surface area contributed by atoms with Gasteiger partial charge in [-0.05, 0) is 36.8 Å². The lowest BCUT2D eigenvalue weighted by atomic mass is 9.96. The summed E-state index contributed by atoms with van der Waals surface area (Å²) in [4.78, 5) is 4.34. The van der Waals surface area contributed by atoms with Crippen molar-refractivity contribution in [1.82, 2.24) is 4.98 Å². The molecule has 0 radical (unpaired) electrons. The van der Waals surface area contributed by atoms with Gasteiger partial charge in [-0.2, -0.15) is 0 Å². The Morgan fingerprint density at radius 2 is 1.86 bits per heavy atom. The molecule has 1 atom stereocenters. The van der Waals surface area contributed by atoms with Crippen LogP contribution in [0.5, 0.6) is 5.75 Å². The molecule has 0 saturated heterocycles. The first-order valence-electron chi connectivity index (χ1n) is 6.87. The molecule has 1 N–H and O–H groups in total. The largest absolute Gasteiger partial charge is 0.496 e. The van der Waals surface area contributed by atoms with E-state index < -0.39 is 6.10 Å². The predicted octanol–water partition coefficient (Wildman–Crippen LogP) is 3.63. The molecule has 0 amide bonds. The molecule has 3 heteroatoms. The van der Waals surface area contributed by atoms with Crippen molar-refractivity contribution < 1.29 is 9.84 Å². The van der Waals surface area contributed by atoms with Gasteiger partial charge in [-0.15, -0.1) is 0 Å². The van der Waals surface area contributed by atoms with Crippen LogP contribution in [0.15, 0.2) is 54.7 Å². The zero-order valence-corrected chi connectivity index (χ0v) is 12.1. The van der Waals surface area contributed by atoms with Crippen molar-refractivity contribution in [1.29, 1.82) is 0 Å². The molecule has 0 aliphatic heterocycles. The van der Waals surface area contributed by atoms with Crippen LogP contribution >= 0.6 is 0 Å². The van der Waals surface area contributed by atoms with Gasteiger partial charge in [0.2, 0.25) is 0 Å². The smallest absolute Gasteiger partial charge is 0.125 e. The van der Waals surface area contributed by atoms with Gasteiger partial charge in [0.25, 0.3) is 0 Å². The van der Waals surface area contributed by atoms with E-state index >= 15 is 0 Å². The van der Waals surface area contributed by atoms with Gasteiger partial charge in [-0.25, -0.2) is 0 Å². The van der Waals surface area contributed by atoms with E-state index in [-0.39, 0.29) is 0 Å². The molecule has 0 spiro atoms. The van der Waals surface area contributed by atoms with Gasteiger partial charge in [0.1, 0.15) is 11.9 Å². The second-order valence-electron chi connectivity index (χ2n) is 5.07. The van der Waals surface area contributed by atoms with Gasteiger partial charge < -0.3 is 9.84 Å². The lowest BCUT2D eigenvalue weighted by Crippen LogP contribution is -2.04. The monoisotopic (exact) mass is 279 g/mol. The number of nitrogens with zero attached hydrogens (tertiary/aromatic N) is 1. The standard InChI is InChI=1S/C18H17NO2/c1-12-7-8-17(21-2)15(11-12)18(20)14-9-10-19-16-6-4-3-5-13(14)16/h3-11,18,20H,1-2H3. The van der Waals surface area contributed by atoms with E-state index in [0.29, 0.717) is 5.75 Å². The number of aliphatic hydroxyl groups is 1. The fraction of sp³-hybridized carbons (Fsp3) is 0.167. The van der Waals surface area contributed by atoms with Crippen LogP contribution in [0.2, 0.25) is 0 Å². The maximum absolute atomic E-state index is 10.8. The fourth-order valence-electron chi connectivity index (χ4n) is 2.59. The molecule has 106 valence electrons. The second-order valence-corrected chi connectivity index (χ2v) is 5.07. The number of aromatic nitrogens is 1. The number of fused-ring (bicyclic) bond motifs is 1. The van der Waals surface area contributed by atoms with E-state index in [2.05, 4.69) is 4.98 Å². The molecular weight excluding hydrogens is 262 g/mol. The highest BCUT2D eigenvalue weighted by Gasteiger charge is 2.18. The van der Waals surface area contributed by atoms with Gasteiger partial charge >= 0.3 is 0 Å². The molecule has 1 aromatic heterocycles. The molecule has 3 nitrogen and oxygen atoms in total. The molecule has 2 aromatic carbocycles. The van der Waals surface area contributed by atoms with Crippen LogP contribution in [0.3, 0.4) is 0 Å². The van der Waals surface area contributed by atoms with Crippen LogP contribution in [-0.4, -0.2) is 17.2 Å². The van der Waals surface area contributed by atoms with E-state index in [9.17, 15) is 5.11 Å². The summed E-state index contributed by atoms with van der Waals surface area (Å²) < 4.78 is 5.38. The summed E-state index contributed by atoms with van der Waals surface area (Å²) in [6.07, 6.45) is 0.983. The van der Waals surface area contributed by atoms with Gasteiger partial charge in [0.05, 0.1) is 12.6 Å². The molecule has 0 aliphatic rings. The third kappa shape index (κ3) is 2.48. The molecule has 0 bridgehead atoms. The van der Waals surface area contributed by atoms with Crippen LogP contribution in [0.1, 0.15) is 22.8 Å². The Hall–Kier alpha value is -2.39. The Bertz CT molecular complexity index is 778. The zero-order chi connectivity index (χ0) is 14.8. The first-order chi connectivity index (χ1) is 10.2. The number of pyridine rings is 1. The van der Waals surface area contributed by atoms with Crippen LogP contribution in [0.25, 0.3) is 10.9 Å². The number of hydrogen-bond acceptors (Lipinski definition) is 3. The van der Waals surface area contributed by atoms with Gasteiger partial charge in [-0.3, -0.25) is 4.98 Å². The van der Waals surface area contributed by atoms with Gasteiger partial charge in [0, 0.05) is 17.1 Å². The summed E-state index contributed by atoms with van der Waals surface area (Å²) in [6, 6.07) is 15.5. The first-order valence-corrected chi connectivity index (χ1v) is 6.87. The number of ether oxygens (including phenoxy) is 1. The second kappa shape index (κ2) is 5.54. The Morgan fingerprint density at radius 1 is 1.05 bits per heavy atom. The molecule has 0 aliphatic carbocycles. The quantitative estimate of drug-likeness (QED) is 0.796. The van der Waals surface area contributed by atoms with Crippen LogP contribution in [0, 0.1) is 6.92 Å². The molecule has 1 unspecified atom stereocenters. The van der Waals surface area contributed by atoms with E-state index in [1.165, 1.54) is 0 Å². The Morgan fingerprint density at radius 3 is 2.67 bits per heavy atom. The van der Waals surface area contributed by atoms with Crippen LogP contribution in [0.4, 0.5) is 0 Å². The lowest BCUT2D eigenvalue weighted by Gasteiger charge is -2.17. The summed E-state index contributed by atoms with van der Waals surface area (Å²) in [5.74, 6) is 0.689. The van der Waals surface area contributed by atoms with Crippen molar-refractivity contribution in [3.63, 3.8) is 0 Å². The highest BCUT2D eigenvalue weighted by molar-refractivity contribution is 5.82. The Balaban J connectivity index is 2.17. The average Bonchev–Trinajstić information content (AvgIpc) is 2.53. The van der Waals surface area contributed by atoms with Gasteiger partial charge in [0.15, 0.2) is 0 Å². The number of hydrogen-bond donors (Lipinski definition) is 1. The molecule has 3 rings (SSSR count). The zero-order valence-electron chi connectivity index (χ0n) is 12.1. The molecule has 21 heavy (non-hydrogen) atoms. The van der Waals surface area contributed by atoms with Crippen molar-refractivity contribution in [2.75, 3.05) is 7.11 Å². The van der Waals surface area contributed by atoms with Crippen molar-refractivity contribution >= 4 is 10.9 Å². The summed E-state index contributed by atoms with van der Waals surface area (Å²) in [7, 11) is 1.62. The van der Waals surface area contributed by atoms with E-state index in [1.54, 1.807) is 13.3 Å². The highest BCUT2D eigenvalue weighted by atomic mass is 16.5. The number of benzene rings is 2. The maximum atomic E-state index is 10.8. The molecule has 0 fully saturated rings. The molecule has 3 aromatic rings. The highest BCUT2D eigenvalue weighted by Crippen LogP contribution is 2.33. The van der Waals surface area contributed by atoms with Crippen molar-refractivity contribution in [3.05, 3.63) is 71.4 Å². The summed E-state index contributed by atoms with van der Waals surface area (Å²) in [5, 5.41) is 11.8. The Kier molecular flexibility index (Phi) is 3.59. The average molecular weight is 279 g/mol. The number of aliphatic hydroxyl groups excluding tert-OH is 1. The SMILES string of the molecule is COc1ccc(C)cc1C(O)c1ccnc2ccccc12. The number of aryl methyl sites for hydroxylation is 1. The minimum Gasteiger partial charge on any atom is -0.496 e. The first kappa shape index (κ1) is 13.6. The number of para-hydroxylation sites is 1. The predicted molar refractivity (Wildman–Crippen MR) is 83.5 cm³/mol. The summed E-state index contributed by atoms with van der Waals surface area (Å²) >= 11 is 0. The molecule has 1 heterocycles. The van der Waals surface area contributed by atoms with E-state index in [1.807, 2.05) is 55.5 Å². The summed E-state index contributed by atoms with van der Waals surface area (Å²) in [5.41, 5.74) is 3.57. The fourth-order valence-corrected chi connectivity index (χ4v) is 2.59. The van der Waals surface area contributed by atoms with E-state index in [4.69, 9.17) is 4.74 Å². The Labute approximate surface area is 123 Å². The third-order valence-corrected chi connectivity index (χ3v) is 3.66. The lowest BCUT2D eigenvalue weighted by molar-refractivity contribution is 0.216. The van der Waals surface area contributed by atoms with Crippen LogP contribution < -0.4 is 4.74 Å². The van der Waals surface area contributed by atoms with E-state index in [0.717, 1.165) is 27.6 Å². The minimum absolute atomic E-state index is 0.689. The van der Waals surface area contributed by atoms with Crippen molar-refractivity contribution in [3.8, 4) is 5.75 Å². The molecule has 0 saturated carbocycles. The number of methoxy groups -OCH3 is 1. The minimum atomic E-state index is -0.743. The summed E-state index contributed by atoms with van der Waals surface area (Å²) in [6.45, 7) is 2.00. The topological polar surface area (TPSA) is 42.4 Å². The third-order valence-electron chi connectivity index (χ3n) is 3.66. The molecular formula is C18H17NO2. The van der Waals surface area contributed by atoms with Gasteiger partial charge in [-0.1, -0.05) is 29.8 Å². The van der Waals surface area contributed by atoms with Crippen molar-refractivity contribution in [2.24, 2.45) is 0 Å². The maximum Gasteiger partial charge on any atom is 0.125 e. The normalized spacial score (nSPS) is 12.3. The number of rotatable bonds is 3. The van der Waals surface area contributed by atoms with Crippen molar-refractivity contribution in [2.45, 2.75) is 13.0 Å². The van der Waals surface area contributed by atoms with Crippen LogP contribution in [-0.2, 0) is 0 Å².